The minimum atomic E-state index is 0.0199. The molecule has 1 aliphatic rings. The highest BCUT2D eigenvalue weighted by Gasteiger charge is 2.20. The van der Waals surface area contributed by atoms with Gasteiger partial charge in [-0.15, -0.1) is 0 Å². The third-order valence-electron chi connectivity index (χ3n) is 5.71. The number of anilines is 1. The number of hydrogen-bond donors (Lipinski definition) is 1. The molecule has 6 heteroatoms. The number of nitrogens with one attached hydrogen (secondary N) is 1. The molecule has 0 radical (unpaired) electrons. The summed E-state index contributed by atoms with van der Waals surface area (Å²) in [4.78, 5) is 17.8. The smallest absolute Gasteiger partial charge is 0.254 e. The Morgan fingerprint density at radius 2 is 1.75 bits per heavy atom. The Kier molecular flexibility index (Phi) is 7.85. The van der Waals surface area contributed by atoms with E-state index in [4.69, 9.17) is 11.6 Å². The van der Waals surface area contributed by atoms with Crippen LogP contribution in [0, 0.1) is 0 Å². The largest absolute Gasteiger partial charge is 0.385 e. The number of rotatable bonds is 3. The molecule has 0 aliphatic carbocycles. The molecule has 3 aromatic carbocycles. The van der Waals surface area contributed by atoms with Gasteiger partial charge in [0.2, 0.25) is 0 Å². The van der Waals surface area contributed by atoms with E-state index in [2.05, 4.69) is 62.5 Å². The molecule has 0 saturated heterocycles. The second-order valence-electron chi connectivity index (χ2n) is 8.08. The van der Waals surface area contributed by atoms with Crippen molar-refractivity contribution in [2.75, 3.05) is 31.5 Å². The minimum Gasteiger partial charge on any atom is -0.385 e. The summed E-state index contributed by atoms with van der Waals surface area (Å²) in [6.07, 6.45) is 1.04. The summed E-state index contributed by atoms with van der Waals surface area (Å²) in [5.74, 6) is 0.0199. The van der Waals surface area contributed by atoms with Crippen LogP contribution in [0.5, 0.6) is 0 Å². The third kappa shape index (κ3) is 6.12. The predicted molar refractivity (Wildman–Crippen MR) is 135 cm³/mol. The number of amides is 1. The van der Waals surface area contributed by atoms with E-state index in [9.17, 15) is 4.79 Å². The van der Waals surface area contributed by atoms with Crippen molar-refractivity contribution >= 4 is 39.1 Å². The molecule has 0 unspecified atom stereocenters. The first-order chi connectivity index (χ1) is 15.6. The molecular weight excluding hydrogens is 486 g/mol. The van der Waals surface area contributed by atoms with Crippen molar-refractivity contribution < 1.29 is 4.79 Å². The van der Waals surface area contributed by atoms with E-state index in [-0.39, 0.29) is 5.91 Å². The lowest BCUT2D eigenvalue weighted by Gasteiger charge is -2.28. The van der Waals surface area contributed by atoms with Crippen LogP contribution in [0.4, 0.5) is 5.69 Å². The number of nitrogens with zero attached hydrogens (tertiary/aromatic N) is 2. The number of benzene rings is 3. The van der Waals surface area contributed by atoms with Crippen LogP contribution in [0.15, 0.2) is 77.3 Å². The lowest BCUT2D eigenvalue weighted by molar-refractivity contribution is 0.0720. The van der Waals surface area contributed by atoms with Crippen LogP contribution in [0.25, 0.3) is 0 Å². The highest BCUT2D eigenvalue weighted by atomic mass is 79.9. The average molecular weight is 513 g/mol. The molecule has 1 N–H and O–H groups in total. The Bertz CT molecular complexity index is 1040. The summed E-state index contributed by atoms with van der Waals surface area (Å²) in [6.45, 7) is 4.75. The van der Waals surface area contributed by atoms with Crippen LogP contribution in [-0.2, 0) is 13.1 Å². The van der Waals surface area contributed by atoms with Crippen molar-refractivity contribution in [3.63, 3.8) is 0 Å². The van der Waals surface area contributed by atoms with Crippen LogP contribution in [0.3, 0.4) is 0 Å². The summed E-state index contributed by atoms with van der Waals surface area (Å²) < 4.78 is 1.01. The van der Waals surface area contributed by atoms with Crippen LogP contribution >= 0.6 is 27.5 Å². The quantitative estimate of drug-likeness (QED) is 0.463. The number of halogens is 2. The maximum absolute atomic E-state index is 13.5. The molecule has 0 fully saturated rings. The summed E-state index contributed by atoms with van der Waals surface area (Å²) in [5.41, 5.74) is 4.14. The van der Waals surface area contributed by atoms with Gasteiger partial charge in [-0.1, -0.05) is 57.9 Å². The van der Waals surface area contributed by atoms with Gasteiger partial charge >= 0.3 is 0 Å². The Labute approximate surface area is 203 Å². The monoisotopic (exact) mass is 511 g/mol. The number of hydrogen-bond acceptors (Lipinski definition) is 3. The van der Waals surface area contributed by atoms with Gasteiger partial charge in [0.15, 0.2) is 0 Å². The normalized spacial score (nSPS) is 15.4. The molecule has 1 amide bonds. The number of carbonyl (C=O) groups excluding carboxylic acids is 1. The first kappa shape index (κ1) is 22.8. The minimum absolute atomic E-state index is 0.0199. The average Bonchev–Trinajstić information content (AvgIpc) is 2.84. The third-order valence-corrected chi connectivity index (χ3v) is 6.45. The molecule has 4 rings (SSSR count). The molecule has 3 aromatic rings. The first-order valence-corrected chi connectivity index (χ1v) is 12.1. The maximum Gasteiger partial charge on any atom is 0.254 e. The molecule has 0 atom stereocenters. The van der Waals surface area contributed by atoms with Crippen molar-refractivity contribution in [3.8, 4) is 0 Å². The van der Waals surface area contributed by atoms with E-state index >= 15 is 0 Å². The van der Waals surface area contributed by atoms with Crippen molar-refractivity contribution in [2.45, 2.75) is 19.5 Å². The van der Waals surface area contributed by atoms with Crippen LogP contribution in [0.2, 0.25) is 5.02 Å². The van der Waals surface area contributed by atoms with Crippen molar-refractivity contribution in [2.24, 2.45) is 0 Å². The first-order valence-electron chi connectivity index (χ1n) is 10.9. The van der Waals surface area contributed by atoms with Crippen molar-refractivity contribution in [1.82, 2.24) is 9.80 Å². The standard InChI is InChI=1S/C26H27BrClN3O/c27-23-9-12-25-22(17-23)19-31(26(32)21-7-10-24(28)11-8-21)16-15-30(14-4-13-29-25)18-20-5-2-1-3-6-20/h1-3,5-12,17,29H,4,13-16,18-19H2. The van der Waals surface area contributed by atoms with Gasteiger partial charge < -0.3 is 10.2 Å². The van der Waals surface area contributed by atoms with Gasteiger partial charge in [0.1, 0.15) is 0 Å². The Balaban J connectivity index is 1.59. The van der Waals surface area contributed by atoms with E-state index in [0.29, 0.717) is 23.7 Å². The van der Waals surface area contributed by atoms with E-state index in [1.165, 1.54) is 5.56 Å². The zero-order chi connectivity index (χ0) is 22.3. The molecule has 4 nitrogen and oxygen atoms in total. The highest BCUT2D eigenvalue weighted by Crippen LogP contribution is 2.24. The molecule has 0 aromatic heterocycles. The lowest BCUT2D eigenvalue weighted by atomic mass is 10.1. The van der Waals surface area contributed by atoms with Crippen LogP contribution in [-0.4, -0.2) is 41.9 Å². The second-order valence-corrected chi connectivity index (χ2v) is 9.43. The van der Waals surface area contributed by atoms with Crippen molar-refractivity contribution in [3.05, 3.63) is 99.0 Å². The van der Waals surface area contributed by atoms with Gasteiger partial charge in [-0.05, 0) is 60.0 Å². The van der Waals surface area contributed by atoms with Gasteiger partial charge in [0.05, 0.1) is 0 Å². The molecule has 1 heterocycles. The fourth-order valence-electron chi connectivity index (χ4n) is 4.00. The SMILES string of the molecule is O=C(c1ccc(Cl)cc1)N1CCN(Cc2ccccc2)CCCNc2ccc(Br)cc2C1. The maximum atomic E-state index is 13.5. The molecule has 0 bridgehead atoms. The van der Waals surface area contributed by atoms with E-state index < -0.39 is 0 Å². The topological polar surface area (TPSA) is 35.6 Å². The summed E-state index contributed by atoms with van der Waals surface area (Å²) in [7, 11) is 0. The Morgan fingerprint density at radius 3 is 2.53 bits per heavy atom. The summed E-state index contributed by atoms with van der Waals surface area (Å²) in [5, 5.41) is 4.21. The lowest BCUT2D eigenvalue weighted by Crippen LogP contribution is -2.38. The van der Waals surface area contributed by atoms with E-state index in [0.717, 1.165) is 48.3 Å². The van der Waals surface area contributed by atoms with Crippen LogP contribution < -0.4 is 5.32 Å². The molecule has 32 heavy (non-hydrogen) atoms. The van der Waals surface area contributed by atoms with E-state index in [1.54, 1.807) is 24.3 Å². The Morgan fingerprint density at radius 1 is 0.969 bits per heavy atom. The zero-order valence-corrected chi connectivity index (χ0v) is 20.3. The fraction of sp³-hybridized carbons (Fsp3) is 0.269. The number of fused-ring (bicyclic) bond motifs is 1. The number of carbonyl (C=O) groups is 1. The van der Waals surface area contributed by atoms with Gasteiger partial charge in [-0.25, -0.2) is 0 Å². The fourth-order valence-corrected chi connectivity index (χ4v) is 4.53. The van der Waals surface area contributed by atoms with Gasteiger partial charge in [0, 0.05) is 60.0 Å². The predicted octanol–water partition coefficient (Wildman–Crippen LogP) is 6.06. The highest BCUT2D eigenvalue weighted by molar-refractivity contribution is 9.10. The molecule has 166 valence electrons. The van der Waals surface area contributed by atoms with Gasteiger partial charge in [0.25, 0.3) is 5.91 Å². The molecule has 0 saturated carbocycles. The van der Waals surface area contributed by atoms with Gasteiger partial charge in [-0.3, -0.25) is 9.69 Å². The summed E-state index contributed by atoms with van der Waals surface area (Å²) in [6, 6.07) is 23.9. The zero-order valence-electron chi connectivity index (χ0n) is 17.9. The molecule has 1 aliphatic heterocycles. The summed E-state index contributed by atoms with van der Waals surface area (Å²) >= 11 is 9.63. The van der Waals surface area contributed by atoms with Crippen molar-refractivity contribution in [1.29, 1.82) is 0 Å². The Hall–Kier alpha value is -2.34. The van der Waals surface area contributed by atoms with Gasteiger partial charge in [-0.2, -0.15) is 0 Å². The second kappa shape index (κ2) is 11.0. The van der Waals surface area contributed by atoms with E-state index in [1.807, 2.05) is 17.0 Å². The molecular formula is C26H27BrClN3O. The molecule has 0 spiro atoms. The van der Waals surface area contributed by atoms with Crippen LogP contribution in [0.1, 0.15) is 27.9 Å².